The molecule has 0 radical (unpaired) electrons. The van der Waals surface area contributed by atoms with E-state index >= 15 is 0 Å². The second-order valence-corrected chi connectivity index (χ2v) is 4.52. The lowest BCUT2D eigenvalue weighted by atomic mass is 10.2. The first-order chi connectivity index (χ1) is 9.40. The molecule has 2 aromatic rings. The van der Waals surface area contributed by atoms with Crippen LogP contribution >= 0.6 is 11.5 Å². The first kappa shape index (κ1) is 13.7. The van der Waals surface area contributed by atoms with E-state index in [0.717, 1.165) is 17.6 Å². The average Bonchev–Trinajstić information content (AvgIpc) is 2.96. The van der Waals surface area contributed by atoms with Crippen molar-refractivity contribution in [2.24, 2.45) is 0 Å². The normalized spacial score (nSPS) is 10.2. The van der Waals surface area contributed by atoms with E-state index in [4.69, 9.17) is 5.11 Å². The van der Waals surface area contributed by atoms with Crippen LogP contribution in [0.4, 0.5) is 10.8 Å². The Hall–Kier alpha value is -2.75. The number of nitrogens with one attached hydrogen (secondary N) is 2. The number of amides is 1. The molecule has 0 aromatic carbocycles. The van der Waals surface area contributed by atoms with Crippen molar-refractivity contribution in [3.63, 3.8) is 0 Å². The molecule has 0 unspecified atom stereocenters. The Morgan fingerprint density at radius 3 is 2.75 bits per heavy atom. The summed E-state index contributed by atoms with van der Waals surface area (Å²) in [4.78, 5) is 35.0. The van der Waals surface area contributed by atoms with Crippen LogP contribution in [0.5, 0.6) is 0 Å². The summed E-state index contributed by atoms with van der Waals surface area (Å²) >= 11 is 0.830. The van der Waals surface area contributed by atoms with Crippen molar-refractivity contribution in [1.82, 2.24) is 9.36 Å². The van der Waals surface area contributed by atoms with Gasteiger partial charge >= 0.3 is 11.8 Å². The van der Waals surface area contributed by atoms with Crippen molar-refractivity contribution in [3.8, 4) is 0 Å². The molecule has 0 aliphatic rings. The number of nitro groups is 1. The number of H-pyrrole nitrogens is 1. The molecule has 1 amide bonds. The lowest BCUT2D eigenvalue weighted by Crippen LogP contribution is -2.14. The molecule has 0 spiro atoms. The van der Waals surface area contributed by atoms with Gasteiger partial charge in [0.2, 0.25) is 0 Å². The molecule has 2 rings (SSSR count). The Kier molecular flexibility index (Phi) is 3.48. The smallest absolute Gasteiger partial charge is 0.340 e. The molecule has 0 aliphatic carbocycles. The molecule has 0 fully saturated rings. The fourth-order valence-corrected chi connectivity index (χ4v) is 2.28. The number of rotatable bonds is 4. The first-order valence-electron chi connectivity index (χ1n) is 5.24. The third kappa shape index (κ3) is 2.49. The third-order valence-corrected chi connectivity index (χ3v) is 3.27. The number of hydrogen-bond donors (Lipinski definition) is 3. The zero-order valence-electron chi connectivity index (χ0n) is 10.0. The first-order valence-corrected chi connectivity index (χ1v) is 6.01. The molecular formula is C10H8N4O5S. The summed E-state index contributed by atoms with van der Waals surface area (Å²) in [7, 11) is 0. The van der Waals surface area contributed by atoms with E-state index in [9.17, 15) is 19.7 Å². The molecule has 2 heterocycles. The van der Waals surface area contributed by atoms with Crippen LogP contribution in [0.15, 0.2) is 12.1 Å². The molecule has 104 valence electrons. The van der Waals surface area contributed by atoms with Gasteiger partial charge in [-0.1, -0.05) is 0 Å². The van der Waals surface area contributed by atoms with Crippen LogP contribution in [0.25, 0.3) is 0 Å². The molecular weight excluding hydrogens is 288 g/mol. The van der Waals surface area contributed by atoms with E-state index in [-0.39, 0.29) is 27.8 Å². The van der Waals surface area contributed by atoms with Gasteiger partial charge in [-0.3, -0.25) is 4.79 Å². The van der Waals surface area contributed by atoms with Crippen LogP contribution in [-0.4, -0.2) is 31.3 Å². The maximum Gasteiger partial charge on any atom is 0.340 e. The number of aryl methyl sites for hydroxylation is 1. The van der Waals surface area contributed by atoms with Crippen LogP contribution in [0.2, 0.25) is 0 Å². The van der Waals surface area contributed by atoms with Crippen molar-refractivity contribution in [2.45, 2.75) is 6.92 Å². The predicted molar refractivity (Wildman–Crippen MR) is 69.2 cm³/mol. The Morgan fingerprint density at radius 1 is 1.50 bits per heavy atom. The van der Waals surface area contributed by atoms with Crippen LogP contribution in [-0.2, 0) is 0 Å². The van der Waals surface area contributed by atoms with E-state index in [1.54, 1.807) is 0 Å². The number of hydrogen-bond acceptors (Lipinski definition) is 6. The highest BCUT2D eigenvalue weighted by Crippen LogP contribution is 2.25. The largest absolute Gasteiger partial charge is 0.478 e. The summed E-state index contributed by atoms with van der Waals surface area (Å²) in [6, 6.07) is 2.38. The van der Waals surface area contributed by atoms with Crippen LogP contribution in [0, 0.1) is 17.0 Å². The van der Waals surface area contributed by atoms with Crippen molar-refractivity contribution in [2.75, 3.05) is 5.32 Å². The lowest BCUT2D eigenvalue weighted by Gasteiger charge is -2.00. The fraction of sp³-hybridized carbons (Fsp3) is 0.100. The summed E-state index contributed by atoms with van der Waals surface area (Å²) in [6.45, 7) is 1.51. The molecule has 9 nitrogen and oxygen atoms in total. The average molecular weight is 296 g/mol. The van der Waals surface area contributed by atoms with Gasteiger partial charge < -0.3 is 20.5 Å². The quantitative estimate of drug-likeness (QED) is 0.579. The number of carbonyl (C=O) groups is 2. The molecule has 0 saturated heterocycles. The van der Waals surface area contributed by atoms with Gasteiger partial charge in [-0.05, 0) is 29.4 Å². The zero-order chi connectivity index (χ0) is 14.9. The molecule has 20 heavy (non-hydrogen) atoms. The maximum atomic E-state index is 11.9. The summed E-state index contributed by atoms with van der Waals surface area (Å²) in [5.74, 6) is -2.21. The van der Waals surface area contributed by atoms with E-state index in [0.29, 0.717) is 0 Å². The maximum absolute atomic E-state index is 11.9. The number of carboxylic acid groups (broad SMARTS) is 1. The van der Waals surface area contributed by atoms with Gasteiger partial charge in [0.15, 0.2) is 5.69 Å². The van der Waals surface area contributed by atoms with Gasteiger partial charge in [-0.15, -0.1) is 0 Å². The zero-order valence-corrected chi connectivity index (χ0v) is 10.9. The number of carbonyl (C=O) groups excluding carboxylic acids is 1. The van der Waals surface area contributed by atoms with Crippen LogP contribution < -0.4 is 5.32 Å². The number of aromatic carboxylic acids is 1. The van der Waals surface area contributed by atoms with Crippen molar-refractivity contribution in [1.29, 1.82) is 0 Å². The SMILES string of the molecule is Cc1nsc(NC(=O)c2ccc([N+](=O)[O-])[nH]2)c1C(=O)O. The molecule has 3 N–H and O–H groups in total. The summed E-state index contributed by atoms with van der Waals surface area (Å²) in [5, 5.41) is 22.0. The molecule has 0 bridgehead atoms. The van der Waals surface area contributed by atoms with Crippen molar-refractivity contribution in [3.05, 3.63) is 39.2 Å². The van der Waals surface area contributed by atoms with Gasteiger partial charge in [-0.2, -0.15) is 4.37 Å². The van der Waals surface area contributed by atoms with Gasteiger partial charge in [-0.25, -0.2) is 9.78 Å². The molecule has 10 heteroatoms. The minimum absolute atomic E-state index is 0.0425. The van der Waals surface area contributed by atoms with Gasteiger partial charge in [0, 0.05) is 6.07 Å². The Labute approximate surface area is 115 Å². The fourth-order valence-electron chi connectivity index (χ4n) is 1.50. The van der Waals surface area contributed by atoms with Gasteiger partial charge in [0.05, 0.1) is 5.69 Å². The highest BCUT2D eigenvalue weighted by molar-refractivity contribution is 7.11. The van der Waals surface area contributed by atoms with Gasteiger partial charge in [0.25, 0.3) is 5.91 Å². The second kappa shape index (κ2) is 5.09. The topological polar surface area (TPSA) is 138 Å². The van der Waals surface area contributed by atoms with Crippen molar-refractivity contribution < 1.29 is 19.6 Å². The minimum atomic E-state index is -1.20. The van der Waals surface area contributed by atoms with Crippen molar-refractivity contribution >= 4 is 34.2 Å². The highest BCUT2D eigenvalue weighted by atomic mass is 32.1. The molecule has 0 atom stereocenters. The third-order valence-electron chi connectivity index (χ3n) is 2.42. The van der Waals surface area contributed by atoms with Crippen LogP contribution in [0.1, 0.15) is 26.5 Å². The molecule has 0 saturated carbocycles. The molecule has 0 aliphatic heterocycles. The van der Waals surface area contributed by atoms with Gasteiger partial charge in [0.1, 0.15) is 10.6 Å². The molecule has 2 aromatic heterocycles. The predicted octanol–water partition coefficient (Wildman–Crippen LogP) is 1.64. The van der Waals surface area contributed by atoms with E-state index in [2.05, 4.69) is 14.7 Å². The number of carboxylic acids is 1. The Balaban J connectivity index is 2.23. The Bertz CT molecular complexity index is 704. The summed E-state index contributed by atoms with van der Waals surface area (Å²) in [6.07, 6.45) is 0. The second-order valence-electron chi connectivity index (χ2n) is 3.75. The summed E-state index contributed by atoms with van der Waals surface area (Å²) in [5.41, 5.74) is 0.152. The highest BCUT2D eigenvalue weighted by Gasteiger charge is 2.22. The number of aromatic nitrogens is 2. The van der Waals surface area contributed by atoms with E-state index in [1.807, 2.05) is 0 Å². The summed E-state index contributed by atoms with van der Waals surface area (Å²) < 4.78 is 3.85. The lowest BCUT2D eigenvalue weighted by molar-refractivity contribution is -0.389. The standard InChI is InChI=1S/C10H8N4O5S/c1-4-7(10(16)17)9(20-13-4)12-8(15)5-2-3-6(11-5)14(18)19/h2-3,11H,1H3,(H,12,15)(H,16,17). The minimum Gasteiger partial charge on any atom is -0.478 e. The van der Waals surface area contributed by atoms with E-state index < -0.39 is 16.8 Å². The monoisotopic (exact) mass is 296 g/mol. The Morgan fingerprint density at radius 2 is 2.20 bits per heavy atom. The van der Waals surface area contributed by atoms with Crippen LogP contribution in [0.3, 0.4) is 0 Å². The number of nitrogens with zero attached hydrogens (tertiary/aromatic N) is 2. The number of aromatic amines is 1. The van der Waals surface area contributed by atoms with E-state index in [1.165, 1.54) is 13.0 Å². The number of anilines is 1.